The van der Waals surface area contributed by atoms with E-state index in [-0.39, 0.29) is 5.41 Å². The van der Waals surface area contributed by atoms with Gasteiger partial charge in [0, 0.05) is 48.7 Å². The van der Waals surface area contributed by atoms with Crippen molar-refractivity contribution in [1.29, 1.82) is 0 Å². The number of aryl methyl sites for hydroxylation is 1. The highest BCUT2D eigenvalue weighted by Crippen LogP contribution is 2.23. The molecular formula is C18H29N5S2. The topological polar surface area (TPSA) is 62.2 Å². The molecular weight excluding hydrogens is 350 g/mol. The van der Waals surface area contributed by atoms with E-state index in [1.807, 2.05) is 6.92 Å². The van der Waals surface area contributed by atoms with E-state index in [0.717, 1.165) is 54.1 Å². The summed E-state index contributed by atoms with van der Waals surface area (Å²) in [6.07, 6.45) is 1.79. The van der Waals surface area contributed by atoms with Gasteiger partial charge < -0.3 is 10.6 Å². The Morgan fingerprint density at radius 1 is 1.12 bits per heavy atom. The van der Waals surface area contributed by atoms with E-state index < -0.39 is 0 Å². The summed E-state index contributed by atoms with van der Waals surface area (Å²) in [6.45, 7) is 13.1. The molecule has 0 aliphatic carbocycles. The molecule has 2 rings (SSSR count). The van der Waals surface area contributed by atoms with Crippen LogP contribution in [0.2, 0.25) is 0 Å². The molecule has 0 aliphatic rings. The first-order chi connectivity index (χ1) is 11.9. The minimum Gasteiger partial charge on any atom is -0.357 e. The van der Waals surface area contributed by atoms with Crippen molar-refractivity contribution in [1.82, 2.24) is 20.6 Å². The molecule has 2 heterocycles. The number of aliphatic imine (C=N–C) groups is 1. The second-order valence-electron chi connectivity index (χ2n) is 6.92. The summed E-state index contributed by atoms with van der Waals surface area (Å²) < 4.78 is 0. The molecule has 0 spiro atoms. The van der Waals surface area contributed by atoms with Gasteiger partial charge in [-0.1, -0.05) is 20.8 Å². The monoisotopic (exact) mass is 379 g/mol. The number of nitrogens with one attached hydrogen (secondary N) is 2. The van der Waals surface area contributed by atoms with Crippen molar-refractivity contribution in [3.8, 4) is 0 Å². The maximum absolute atomic E-state index is 4.73. The van der Waals surface area contributed by atoms with E-state index in [4.69, 9.17) is 4.98 Å². The van der Waals surface area contributed by atoms with Gasteiger partial charge in [-0.25, -0.2) is 9.97 Å². The van der Waals surface area contributed by atoms with Crippen molar-refractivity contribution in [2.45, 2.75) is 52.9 Å². The SMILES string of the molecule is CCNC(=NCCc1nc(C(C)(C)C)cs1)NCCc1csc(C)n1. The van der Waals surface area contributed by atoms with Gasteiger partial charge in [-0.3, -0.25) is 4.99 Å². The van der Waals surface area contributed by atoms with E-state index >= 15 is 0 Å². The van der Waals surface area contributed by atoms with Gasteiger partial charge in [0.25, 0.3) is 0 Å². The Balaban J connectivity index is 1.81. The molecule has 0 aliphatic heterocycles. The average Bonchev–Trinajstić information content (AvgIpc) is 3.16. The highest BCUT2D eigenvalue weighted by atomic mass is 32.1. The lowest BCUT2D eigenvalue weighted by molar-refractivity contribution is 0.571. The largest absolute Gasteiger partial charge is 0.357 e. The van der Waals surface area contributed by atoms with Gasteiger partial charge >= 0.3 is 0 Å². The van der Waals surface area contributed by atoms with Gasteiger partial charge in [-0.2, -0.15) is 0 Å². The number of rotatable bonds is 7. The molecule has 0 saturated heterocycles. The van der Waals surface area contributed by atoms with Gasteiger partial charge in [-0.05, 0) is 13.8 Å². The minimum absolute atomic E-state index is 0.114. The zero-order valence-corrected chi connectivity index (χ0v) is 17.5. The summed E-state index contributed by atoms with van der Waals surface area (Å²) in [5, 5.41) is 13.2. The fourth-order valence-corrected chi connectivity index (χ4v) is 3.87. The first kappa shape index (κ1) is 19.8. The van der Waals surface area contributed by atoms with Crippen molar-refractivity contribution in [2.75, 3.05) is 19.6 Å². The van der Waals surface area contributed by atoms with Crippen molar-refractivity contribution >= 4 is 28.6 Å². The first-order valence-corrected chi connectivity index (χ1v) is 10.5. The van der Waals surface area contributed by atoms with Gasteiger partial charge in [0.1, 0.15) is 0 Å². The van der Waals surface area contributed by atoms with E-state index in [1.54, 1.807) is 22.7 Å². The highest BCUT2D eigenvalue weighted by molar-refractivity contribution is 7.09. The van der Waals surface area contributed by atoms with Gasteiger partial charge in [0.15, 0.2) is 5.96 Å². The normalized spacial score (nSPS) is 12.4. The minimum atomic E-state index is 0.114. The lowest BCUT2D eigenvalue weighted by Gasteiger charge is -2.14. The fourth-order valence-electron chi connectivity index (χ4n) is 2.21. The van der Waals surface area contributed by atoms with Gasteiger partial charge in [-0.15, -0.1) is 22.7 Å². The molecule has 0 atom stereocenters. The molecule has 2 N–H and O–H groups in total. The van der Waals surface area contributed by atoms with Gasteiger partial charge in [0.05, 0.1) is 21.4 Å². The lowest BCUT2D eigenvalue weighted by Crippen LogP contribution is -2.38. The van der Waals surface area contributed by atoms with Crippen molar-refractivity contribution < 1.29 is 0 Å². The van der Waals surface area contributed by atoms with Crippen LogP contribution in [0.3, 0.4) is 0 Å². The predicted octanol–water partition coefficient (Wildman–Crippen LogP) is 3.55. The second kappa shape index (κ2) is 9.29. The zero-order valence-electron chi connectivity index (χ0n) is 15.8. The number of guanidine groups is 1. The number of thiazole rings is 2. The smallest absolute Gasteiger partial charge is 0.191 e. The van der Waals surface area contributed by atoms with Crippen LogP contribution in [0.4, 0.5) is 0 Å². The third-order valence-electron chi connectivity index (χ3n) is 3.60. The van der Waals surface area contributed by atoms with Crippen LogP contribution < -0.4 is 10.6 Å². The van der Waals surface area contributed by atoms with Crippen molar-refractivity contribution in [3.05, 3.63) is 32.2 Å². The molecule has 0 bridgehead atoms. The van der Waals surface area contributed by atoms with Crippen LogP contribution >= 0.6 is 22.7 Å². The van der Waals surface area contributed by atoms with Crippen LogP contribution in [-0.4, -0.2) is 35.6 Å². The molecule has 0 radical (unpaired) electrons. The van der Waals surface area contributed by atoms with E-state index in [2.05, 4.69) is 59.1 Å². The van der Waals surface area contributed by atoms with Crippen molar-refractivity contribution in [3.63, 3.8) is 0 Å². The molecule has 2 aromatic heterocycles. The number of hydrogen-bond acceptors (Lipinski definition) is 5. The third-order valence-corrected chi connectivity index (χ3v) is 5.33. The molecule has 0 fully saturated rings. The molecule has 138 valence electrons. The second-order valence-corrected chi connectivity index (χ2v) is 8.93. The maximum Gasteiger partial charge on any atom is 0.191 e. The van der Waals surface area contributed by atoms with E-state index in [1.165, 1.54) is 5.69 Å². The van der Waals surface area contributed by atoms with Crippen molar-refractivity contribution in [2.24, 2.45) is 4.99 Å². The van der Waals surface area contributed by atoms with Crippen LogP contribution in [0.1, 0.15) is 49.1 Å². The van der Waals surface area contributed by atoms with Crippen LogP contribution in [0.5, 0.6) is 0 Å². The predicted molar refractivity (Wildman–Crippen MR) is 109 cm³/mol. The molecule has 0 unspecified atom stereocenters. The molecule has 0 saturated carbocycles. The Labute approximate surface area is 159 Å². The highest BCUT2D eigenvalue weighted by Gasteiger charge is 2.17. The standard InChI is InChI=1S/C18H29N5S2/c1-6-19-17(20-9-7-14-11-24-13(2)22-14)21-10-8-16-23-15(12-25-16)18(3,4)5/h11-12H,6-10H2,1-5H3,(H2,19,20,21). The van der Waals surface area contributed by atoms with Crippen LogP contribution in [-0.2, 0) is 18.3 Å². The maximum atomic E-state index is 4.73. The zero-order chi connectivity index (χ0) is 18.3. The van der Waals surface area contributed by atoms with Crippen LogP contribution in [0.15, 0.2) is 15.8 Å². The van der Waals surface area contributed by atoms with Crippen LogP contribution in [0, 0.1) is 6.92 Å². The number of aromatic nitrogens is 2. The number of hydrogen-bond donors (Lipinski definition) is 2. The third kappa shape index (κ3) is 6.74. The molecule has 7 heteroatoms. The molecule has 0 amide bonds. The summed E-state index contributed by atoms with van der Waals surface area (Å²) in [5.41, 5.74) is 2.42. The Bertz CT molecular complexity index is 682. The quantitative estimate of drug-likeness (QED) is 0.570. The Hall–Kier alpha value is -1.47. The molecule has 25 heavy (non-hydrogen) atoms. The lowest BCUT2D eigenvalue weighted by atomic mass is 9.93. The summed E-state index contributed by atoms with van der Waals surface area (Å²) >= 11 is 3.43. The van der Waals surface area contributed by atoms with E-state index in [9.17, 15) is 0 Å². The summed E-state index contributed by atoms with van der Waals surface area (Å²) in [6, 6.07) is 0. The Morgan fingerprint density at radius 3 is 2.52 bits per heavy atom. The fraction of sp³-hybridized carbons (Fsp3) is 0.611. The Morgan fingerprint density at radius 2 is 1.92 bits per heavy atom. The number of nitrogens with zero attached hydrogens (tertiary/aromatic N) is 3. The molecule has 5 nitrogen and oxygen atoms in total. The summed E-state index contributed by atoms with van der Waals surface area (Å²) in [4.78, 5) is 13.9. The van der Waals surface area contributed by atoms with Gasteiger partial charge in [0.2, 0.25) is 0 Å². The van der Waals surface area contributed by atoms with E-state index in [0.29, 0.717) is 0 Å². The summed E-state index contributed by atoms with van der Waals surface area (Å²) in [5.74, 6) is 0.863. The average molecular weight is 380 g/mol. The summed E-state index contributed by atoms with van der Waals surface area (Å²) in [7, 11) is 0. The first-order valence-electron chi connectivity index (χ1n) is 8.76. The molecule has 0 aromatic carbocycles. The Kier molecular flexibility index (Phi) is 7.38. The molecule has 2 aromatic rings. The van der Waals surface area contributed by atoms with Crippen LogP contribution in [0.25, 0.3) is 0 Å².